The number of hydrogen-bond donors (Lipinski definition) is 0. The van der Waals surface area contributed by atoms with Gasteiger partial charge in [-0.05, 0) is 29.5 Å². The molecule has 0 bridgehead atoms. The van der Waals surface area contributed by atoms with Crippen molar-refractivity contribution >= 4 is 21.7 Å². The Kier molecular flexibility index (Phi) is 4.97. The van der Waals surface area contributed by atoms with Gasteiger partial charge in [-0.25, -0.2) is 0 Å². The van der Waals surface area contributed by atoms with E-state index in [0.717, 1.165) is 12.0 Å². The van der Waals surface area contributed by atoms with Gasteiger partial charge in [0.2, 0.25) is 0 Å². The van der Waals surface area contributed by atoms with Crippen LogP contribution in [0.4, 0.5) is 0 Å². The lowest BCUT2D eigenvalue weighted by atomic mass is 9.85. The second-order valence-electron chi connectivity index (χ2n) is 5.41. The second kappa shape index (κ2) is 5.87. The largest absolute Gasteiger partial charge is 0.496 e. The lowest BCUT2D eigenvalue weighted by Crippen LogP contribution is -2.17. The Labute approximate surface area is 118 Å². The Morgan fingerprint density at radius 1 is 1.39 bits per heavy atom. The standard InChI is InChI=1S/C15H21BrO2/c1-6-12(16)14(17)11-9-10(15(2,3)4)7-8-13(11)18-5/h7-9,12H,6H2,1-5H3. The highest BCUT2D eigenvalue weighted by Crippen LogP contribution is 2.29. The molecule has 0 aliphatic carbocycles. The van der Waals surface area contributed by atoms with Crippen molar-refractivity contribution in [2.45, 2.75) is 44.4 Å². The summed E-state index contributed by atoms with van der Waals surface area (Å²) >= 11 is 3.41. The highest BCUT2D eigenvalue weighted by molar-refractivity contribution is 9.10. The summed E-state index contributed by atoms with van der Waals surface area (Å²) in [6.45, 7) is 8.38. The van der Waals surface area contributed by atoms with Crippen molar-refractivity contribution in [1.82, 2.24) is 0 Å². The predicted molar refractivity (Wildman–Crippen MR) is 79.0 cm³/mol. The van der Waals surface area contributed by atoms with Gasteiger partial charge in [-0.15, -0.1) is 0 Å². The first-order valence-corrected chi connectivity index (χ1v) is 7.09. The molecule has 0 aromatic heterocycles. The van der Waals surface area contributed by atoms with Gasteiger partial charge < -0.3 is 4.74 Å². The molecule has 18 heavy (non-hydrogen) atoms. The maximum Gasteiger partial charge on any atom is 0.180 e. The quantitative estimate of drug-likeness (QED) is 0.610. The SMILES string of the molecule is CCC(Br)C(=O)c1cc(C(C)(C)C)ccc1OC. The van der Waals surface area contributed by atoms with E-state index >= 15 is 0 Å². The third-order valence-corrected chi connectivity index (χ3v) is 4.04. The molecule has 1 rings (SSSR count). The molecule has 0 aliphatic rings. The minimum Gasteiger partial charge on any atom is -0.496 e. The zero-order valence-corrected chi connectivity index (χ0v) is 13.3. The molecule has 0 aliphatic heterocycles. The molecule has 0 heterocycles. The van der Waals surface area contributed by atoms with Crippen LogP contribution in [-0.4, -0.2) is 17.7 Å². The van der Waals surface area contributed by atoms with E-state index in [4.69, 9.17) is 4.74 Å². The van der Waals surface area contributed by atoms with Gasteiger partial charge in [0, 0.05) is 0 Å². The van der Waals surface area contributed by atoms with Crippen LogP contribution in [0.3, 0.4) is 0 Å². The molecule has 1 unspecified atom stereocenters. The van der Waals surface area contributed by atoms with Gasteiger partial charge in [0.05, 0.1) is 17.5 Å². The number of halogens is 1. The van der Waals surface area contributed by atoms with Gasteiger partial charge >= 0.3 is 0 Å². The number of rotatable bonds is 4. The molecular weight excluding hydrogens is 292 g/mol. The van der Waals surface area contributed by atoms with Crippen LogP contribution in [0.1, 0.15) is 50.0 Å². The maximum absolute atomic E-state index is 12.3. The monoisotopic (exact) mass is 312 g/mol. The predicted octanol–water partition coefficient (Wildman–Crippen LogP) is 4.35. The number of alkyl halides is 1. The maximum atomic E-state index is 12.3. The fourth-order valence-corrected chi connectivity index (χ4v) is 1.97. The van der Waals surface area contributed by atoms with Crippen LogP contribution in [0.15, 0.2) is 18.2 Å². The molecular formula is C15H21BrO2. The zero-order valence-electron chi connectivity index (χ0n) is 11.7. The number of carbonyl (C=O) groups is 1. The summed E-state index contributed by atoms with van der Waals surface area (Å²) in [5.74, 6) is 0.728. The molecule has 3 heteroatoms. The number of benzene rings is 1. The Balaban J connectivity index is 3.27. The molecule has 0 amide bonds. The summed E-state index contributed by atoms with van der Waals surface area (Å²) in [7, 11) is 1.60. The van der Waals surface area contributed by atoms with Crippen LogP contribution in [0.5, 0.6) is 5.75 Å². The van der Waals surface area contributed by atoms with Crippen LogP contribution in [0.25, 0.3) is 0 Å². The van der Waals surface area contributed by atoms with Crippen molar-refractivity contribution in [3.05, 3.63) is 29.3 Å². The molecule has 0 saturated heterocycles. The molecule has 2 nitrogen and oxygen atoms in total. The van der Waals surface area contributed by atoms with E-state index in [1.807, 2.05) is 25.1 Å². The second-order valence-corrected chi connectivity index (χ2v) is 6.51. The van der Waals surface area contributed by atoms with Gasteiger partial charge in [-0.1, -0.05) is 49.7 Å². The van der Waals surface area contributed by atoms with Crippen LogP contribution < -0.4 is 4.74 Å². The third kappa shape index (κ3) is 3.35. The Hall–Kier alpha value is -0.830. The van der Waals surface area contributed by atoms with Gasteiger partial charge in [-0.3, -0.25) is 4.79 Å². The lowest BCUT2D eigenvalue weighted by molar-refractivity contribution is 0.0987. The first-order valence-electron chi connectivity index (χ1n) is 6.18. The highest BCUT2D eigenvalue weighted by Gasteiger charge is 2.22. The minimum atomic E-state index is -0.151. The van der Waals surface area contributed by atoms with E-state index in [1.165, 1.54) is 0 Å². The van der Waals surface area contributed by atoms with Gasteiger partial charge in [0.15, 0.2) is 5.78 Å². The zero-order chi connectivity index (χ0) is 13.9. The first-order chi connectivity index (χ1) is 8.31. The smallest absolute Gasteiger partial charge is 0.180 e. The summed E-state index contributed by atoms with van der Waals surface area (Å²) in [6, 6.07) is 5.85. The summed E-state index contributed by atoms with van der Waals surface area (Å²) < 4.78 is 5.29. The van der Waals surface area contributed by atoms with Gasteiger partial charge in [0.1, 0.15) is 5.75 Å². The average molecular weight is 313 g/mol. The molecule has 0 spiro atoms. The van der Waals surface area contributed by atoms with Crippen LogP contribution in [0, 0.1) is 0 Å². The third-order valence-electron chi connectivity index (χ3n) is 2.97. The van der Waals surface area contributed by atoms with Crippen molar-refractivity contribution in [2.24, 2.45) is 0 Å². The average Bonchev–Trinajstić information content (AvgIpc) is 2.35. The van der Waals surface area contributed by atoms with E-state index in [1.54, 1.807) is 7.11 Å². The van der Waals surface area contributed by atoms with Crippen LogP contribution >= 0.6 is 15.9 Å². The molecule has 1 aromatic carbocycles. The van der Waals surface area contributed by atoms with Crippen LogP contribution in [0.2, 0.25) is 0 Å². The van der Waals surface area contributed by atoms with Crippen molar-refractivity contribution < 1.29 is 9.53 Å². The van der Waals surface area contributed by atoms with E-state index in [2.05, 4.69) is 36.7 Å². The number of ketones is 1. The fraction of sp³-hybridized carbons (Fsp3) is 0.533. The van der Waals surface area contributed by atoms with E-state index in [0.29, 0.717) is 11.3 Å². The summed E-state index contributed by atoms with van der Waals surface area (Å²) in [6.07, 6.45) is 0.766. The Morgan fingerprint density at radius 2 is 2.00 bits per heavy atom. The Morgan fingerprint density at radius 3 is 2.44 bits per heavy atom. The molecule has 1 aromatic rings. The van der Waals surface area contributed by atoms with Crippen molar-refractivity contribution in [1.29, 1.82) is 0 Å². The summed E-state index contributed by atoms with van der Waals surface area (Å²) in [5.41, 5.74) is 1.83. The first kappa shape index (κ1) is 15.2. The van der Waals surface area contributed by atoms with E-state index < -0.39 is 0 Å². The number of hydrogen-bond acceptors (Lipinski definition) is 2. The van der Waals surface area contributed by atoms with Crippen molar-refractivity contribution in [2.75, 3.05) is 7.11 Å². The number of methoxy groups -OCH3 is 1. The topological polar surface area (TPSA) is 26.3 Å². The normalized spacial score (nSPS) is 13.2. The number of ether oxygens (including phenoxy) is 1. The number of carbonyl (C=O) groups excluding carboxylic acids is 1. The molecule has 0 fully saturated rings. The Bertz CT molecular complexity index is 433. The van der Waals surface area contributed by atoms with Crippen molar-refractivity contribution in [3.8, 4) is 5.75 Å². The summed E-state index contributed by atoms with van der Waals surface area (Å²) in [4.78, 5) is 12.2. The van der Waals surface area contributed by atoms with E-state index in [9.17, 15) is 4.79 Å². The highest BCUT2D eigenvalue weighted by atomic mass is 79.9. The molecule has 100 valence electrons. The van der Waals surface area contributed by atoms with Gasteiger partial charge in [0.25, 0.3) is 0 Å². The number of Topliss-reactive ketones (excluding diaryl/α,β-unsaturated/α-hetero) is 1. The molecule has 0 radical (unpaired) electrons. The summed E-state index contributed by atoms with van der Waals surface area (Å²) in [5, 5.41) is 0. The molecule has 0 saturated carbocycles. The lowest BCUT2D eigenvalue weighted by Gasteiger charge is -2.21. The molecule has 0 N–H and O–H groups in total. The van der Waals surface area contributed by atoms with Crippen LogP contribution in [-0.2, 0) is 5.41 Å². The minimum absolute atomic E-state index is 0.0231. The van der Waals surface area contributed by atoms with E-state index in [-0.39, 0.29) is 16.0 Å². The fourth-order valence-electron chi connectivity index (χ4n) is 1.72. The van der Waals surface area contributed by atoms with Gasteiger partial charge in [-0.2, -0.15) is 0 Å². The van der Waals surface area contributed by atoms with Crippen molar-refractivity contribution in [3.63, 3.8) is 0 Å². The molecule has 1 atom stereocenters.